The summed E-state index contributed by atoms with van der Waals surface area (Å²) in [5, 5.41) is 5.68. The van der Waals surface area contributed by atoms with Crippen LogP contribution in [-0.4, -0.2) is 25.7 Å². The van der Waals surface area contributed by atoms with E-state index < -0.39 is 0 Å². The van der Waals surface area contributed by atoms with Crippen LogP contribution in [0.3, 0.4) is 0 Å². The summed E-state index contributed by atoms with van der Waals surface area (Å²) < 4.78 is 6.56. The van der Waals surface area contributed by atoms with Crippen molar-refractivity contribution in [2.45, 2.75) is 32.1 Å². The van der Waals surface area contributed by atoms with E-state index in [1.54, 1.807) is 0 Å². The minimum atomic E-state index is -0.129. The van der Waals surface area contributed by atoms with Gasteiger partial charge in [0.15, 0.2) is 0 Å². The standard InChI is InChI=1S/C17H23BrN2O2/c18-15-6-8-16(9-7-15)22-13-12-20-17(21)19-11-10-14-4-2-1-3-5-14/h4,6-9H,1-3,5,10-13H2,(H2,19,20,21). The molecule has 1 aliphatic carbocycles. The first-order chi connectivity index (χ1) is 10.7. The topological polar surface area (TPSA) is 50.4 Å². The predicted octanol–water partition coefficient (Wildman–Crippen LogP) is 4.02. The first-order valence-corrected chi connectivity index (χ1v) is 8.61. The van der Waals surface area contributed by atoms with Crippen LogP contribution in [0.25, 0.3) is 0 Å². The average Bonchev–Trinajstić information content (AvgIpc) is 2.54. The Labute approximate surface area is 140 Å². The third kappa shape index (κ3) is 6.52. The van der Waals surface area contributed by atoms with E-state index in [1.807, 2.05) is 24.3 Å². The normalized spacial score (nSPS) is 14.1. The molecular formula is C17H23BrN2O2. The summed E-state index contributed by atoms with van der Waals surface area (Å²) in [5.74, 6) is 0.801. The van der Waals surface area contributed by atoms with Crippen molar-refractivity contribution in [3.05, 3.63) is 40.4 Å². The Morgan fingerprint density at radius 3 is 2.64 bits per heavy atom. The van der Waals surface area contributed by atoms with Crippen LogP contribution in [0.4, 0.5) is 4.79 Å². The van der Waals surface area contributed by atoms with Crippen molar-refractivity contribution in [3.63, 3.8) is 0 Å². The van der Waals surface area contributed by atoms with Crippen LogP contribution >= 0.6 is 15.9 Å². The van der Waals surface area contributed by atoms with E-state index in [1.165, 1.54) is 31.3 Å². The minimum Gasteiger partial charge on any atom is -0.492 e. The fourth-order valence-electron chi connectivity index (χ4n) is 2.40. The summed E-state index contributed by atoms with van der Waals surface area (Å²) >= 11 is 3.37. The van der Waals surface area contributed by atoms with Gasteiger partial charge in [0.25, 0.3) is 0 Å². The molecule has 0 spiro atoms. The molecule has 120 valence electrons. The molecule has 1 aromatic carbocycles. The lowest BCUT2D eigenvalue weighted by Crippen LogP contribution is -2.38. The minimum absolute atomic E-state index is 0.129. The van der Waals surface area contributed by atoms with Crippen molar-refractivity contribution in [2.24, 2.45) is 0 Å². The number of nitrogens with one attached hydrogen (secondary N) is 2. The molecule has 4 nitrogen and oxygen atoms in total. The molecule has 2 rings (SSSR count). The van der Waals surface area contributed by atoms with Gasteiger partial charge in [0, 0.05) is 11.0 Å². The molecule has 0 saturated heterocycles. The summed E-state index contributed by atoms with van der Waals surface area (Å²) in [6.45, 7) is 1.65. The van der Waals surface area contributed by atoms with Gasteiger partial charge in [-0.15, -0.1) is 0 Å². The second-order valence-electron chi connectivity index (χ2n) is 5.34. The highest BCUT2D eigenvalue weighted by molar-refractivity contribution is 9.10. The number of benzene rings is 1. The Hall–Kier alpha value is -1.49. The lowest BCUT2D eigenvalue weighted by Gasteiger charge is -2.13. The van der Waals surface area contributed by atoms with Crippen LogP contribution in [0.2, 0.25) is 0 Å². The molecule has 5 heteroatoms. The van der Waals surface area contributed by atoms with E-state index in [0.29, 0.717) is 19.7 Å². The van der Waals surface area contributed by atoms with Gasteiger partial charge in [0.1, 0.15) is 12.4 Å². The Kier molecular flexibility index (Phi) is 7.30. The van der Waals surface area contributed by atoms with Crippen molar-refractivity contribution in [2.75, 3.05) is 19.7 Å². The van der Waals surface area contributed by atoms with Crippen LogP contribution in [-0.2, 0) is 0 Å². The van der Waals surface area contributed by atoms with E-state index in [-0.39, 0.29) is 6.03 Å². The van der Waals surface area contributed by atoms with Gasteiger partial charge in [0.05, 0.1) is 6.54 Å². The van der Waals surface area contributed by atoms with Gasteiger partial charge in [-0.05, 0) is 56.4 Å². The zero-order valence-electron chi connectivity index (χ0n) is 12.7. The fourth-order valence-corrected chi connectivity index (χ4v) is 2.66. The molecule has 1 aliphatic rings. The SMILES string of the molecule is O=C(NCCOc1ccc(Br)cc1)NCCC1=CCCCC1. The molecule has 2 N–H and O–H groups in total. The highest BCUT2D eigenvalue weighted by Gasteiger charge is 2.04. The van der Waals surface area contributed by atoms with Crippen LogP contribution in [0.1, 0.15) is 32.1 Å². The second kappa shape index (κ2) is 9.51. The van der Waals surface area contributed by atoms with Crippen LogP contribution in [0, 0.1) is 0 Å². The molecular weight excluding hydrogens is 344 g/mol. The van der Waals surface area contributed by atoms with Crippen LogP contribution < -0.4 is 15.4 Å². The van der Waals surface area contributed by atoms with E-state index in [9.17, 15) is 4.79 Å². The smallest absolute Gasteiger partial charge is 0.314 e. The number of hydrogen-bond acceptors (Lipinski definition) is 2. The van der Waals surface area contributed by atoms with E-state index in [2.05, 4.69) is 32.6 Å². The van der Waals surface area contributed by atoms with Gasteiger partial charge in [-0.25, -0.2) is 4.79 Å². The molecule has 0 radical (unpaired) electrons. The van der Waals surface area contributed by atoms with Gasteiger partial charge in [-0.3, -0.25) is 0 Å². The maximum atomic E-state index is 11.6. The summed E-state index contributed by atoms with van der Waals surface area (Å²) in [5.41, 5.74) is 1.48. The van der Waals surface area contributed by atoms with Gasteiger partial charge in [-0.1, -0.05) is 27.6 Å². The number of rotatable bonds is 7. The molecule has 0 saturated carbocycles. The summed E-state index contributed by atoms with van der Waals surface area (Å²) in [7, 11) is 0. The molecule has 22 heavy (non-hydrogen) atoms. The number of halogens is 1. The molecule has 0 aliphatic heterocycles. The maximum Gasteiger partial charge on any atom is 0.314 e. The number of ether oxygens (including phenoxy) is 1. The van der Waals surface area contributed by atoms with Crippen molar-refractivity contribution < 1.29 is 9.53 Å². The molecule has 0 aromatic heterocycles. The largest absolute Gasteiger partial charge is 0.492 e. The highest BCUT2D eigenvalue weighted by atomic mass is 79.9. The van der Waals surface area contributed by atoms with E-state index in [0.717, 1.165) is 16.6 Å². The first-order valence-electron chi connectivity index (χ1n) is 7.82. The molecule has 1 aromatic rings. The lowest BCUT2D eigenvalue weighted by molar-refractivity contribution is 0.236. The number of amides is 2. The van der Waals surface area contributed by atoms with Crippen molar-refractivity contribution in [3.8, 4) is 5.75 Å². The highest BCUT2D eigenvalue weighted by Crippen LogP contribution is 2.19. The third-order valence-corrected chi connectivity index (χ3v) is 4.12. The number of urea groups is 1. The second-order valence-corrected chi connectivity index (χ2v) is 6.26. The van der Waals surface area contributed by atoms with Crippen LogP contribution in [0.5, 0.6) is 5.75 Å². The molecule has 0 atom stereocenters. The quantitative estimate of drug-likeness (QED) is 0.565. The van der Waals surface area contributed by atoms with Crippen LogP contribution in [0.15, 0.2) is 40.4 Å². The van der Waals surface area contributed by atoms with E-state index in [4.69, 9.17) is 4.74 Å². The number of carbonyl (C=O) groups excluding carboxylic acids is 1. The van der Waals surface area contributed by atoms with Gasteiger partial charge < -0.3 is 15.4 Å². The summed E-state index contributed by atoms with van der Waals surface area (Å²) in [6, 6.07) is 7.50. The Morgan fingerprint density at radius 1 is 1.14 bits per heavy atom. The van der Waals surface area contributed by atoms with E-state index >= 15 is 0 Å². The van der Waals surface area contributed by atoms with Crippen molar-refractivity contribution in [1.82, 2.24) is 10.6 Å². The first kappa shape index (κ1) is 16.9. The molecule has 0 unspecified atom stereocenters. The zero-order chi connectivity index (χ0) is 15.6. The number of carbonyl (C=O) groups is 1. The number of hydrogen-bond donors (Lipinski definition) is 2. The molecule has 0 fully saturated rings. The summed E-state index contributed by atoms with van der Waals surface area (Å²) in [6.07, 6.45) is 8.23. The van der Waals surface area contributed by atoms with Crippen molar-refractivity contribution >= 4 is 22.0 Å². The maximum absolute atomic E-state index is 11.6. The van der Waals surface area contributed by atoms with Gasteiger partial charge in [-0.2, -0.15) is 0 Å². The molecule has 0 bridgehead atoms. The fraction of sp³-hybridized carbons (Fsp3) is 0.471. The third-order valence-electron chi connectivity index (χ3n) is 3.59. The molecule has 0 heterocycles. The lowest BCUT2D eigenvalue weighted by atomic mass is 9.97. The van der Waals surface area contributed by atoms with Gasteiger partial charge >= 0.3 is 6.03 Å². The van der Waals surface area contributed by atoms with Gasteiger partial charge in [0.2, 0.25) is 0 Å². The molecule has 2 amide bonds. The summed E-state index contributed by atoms with van der Waals surface area (Å²) in [4.78, 5) is 11.6. The average molecular weight is 367 g/mol. The van der Waals surface area contributed by atoms with Crippen molar-refractivity contribution in [1.29, 1.82) is 0 Å². The number of allylic oxidation sites excluding steroid dienone is 1. The Morgan fingerprint density at radius 2 is 1.91 bits per heavy atom. The monoisotopic (exact) mass is 366 g/mol. The Bertz CT molecular complexity index is 500. The zero-order valence-corrected chi connectivity index (χ0v) is 14.3. The Balaban J connectivity index is 1.52. The predicted molar refractivity (Wildman–Crippen MR) is 92.2 cm³/mol.